The van der Waals surface area contributed by atoms with Crippen molar-refractivity contribution in [3.63, 3.8) is 0 Å². The van der Waals surface area contributed by atoms with Gasteiger partial charge in [0.2, 0.25) is 5.88 Å². The molecule has 2 aromatic heterocycles. The van der Waals surface area contributed by atoms with Crippen LogP contribution in [0, 0.1) is 0 Å². The van der Waals surface area contributed by atoms with Crippen LogP contribution in [0.2, 0.25) is 0 Å². The van der Waals surface area contributed by atoms with Crippen molar-refractivity contribution in [3.8, 4) is 17.3 Å². The van der Waals surface area contributed by atoms with E-state index in [9.17, 15) is 5.11 Å². The summed E-state index contributed by atoms with van der Waals surface area (Å²) in [5, 5.41) is 15.0. The Morgan fingerprint density at radius 2 is 1.72 bits per heavy atom. The van der Waals surface area contributed by atoms with Crippen molar-refractivity contribution in [2.45, 2.75) is 39.5 Å². The molecule has 0 saturated carbocycles. The molecule has 0 aliphatic heterocycles. The highest BCUT2D eigenvalue weighted by atomic mass is 16.5. The molecular weight excluding hydrogens is 402 g/mol. The number of rotatable bonds is 10. The van der Waals surface area contributed by atoms with Gasteiger partial charge in [0, 0.05) is 13.1 Å². The minimum Gasteiger partial charge on any atom is -0.468 e. The number of ether oxygens (including phenoxy) is 1. The summed E-state index contributed by atoms with van der Waals surface area (Å²) in [4.78, 5) is 2.16. The molecule has 1 unspecified atom stereocenters. The second-order valence-electron chi connectivity index (χ2n) is 7.84. The zero-order valence-corrected chi connectivity index (χ0v) is 18.5. The van der Waals surface area contributed by atoms with Crippen molar-refractivity contribution >= 4 is 0 Å². The van der Waals surface area contributed by atoms with Crippen LogP contribution >= 0.6 is 0 Å². The molecule has 0 radical (unpaired) electrons. The van der Waals surface area contributed by atoms with Gasteiger partial charge in [-0.25, -0.2) is 4.68 Å². The molecule has 0 spiro atoms. The Bertz CT molecular complexity index is 1090. The van der Waals surface area contributed by atoms with E-state index in [0.29, 0.717) is 25.5 Å². The molecule has 1 atom stereocenters. The van der Waals surface area contributed by atoms with Crippen LogP contribution in [0.5, 0.6) is 11.6 Å². The molecule has 2 heterocycles. The lowest BCUT2D eigenvalue weighted by Crippen LogP contribution is -2.30. The number of aliphatic hydroxyl groups is 1. The van der Waals surface area contributed by atoms with Gasteiger partial charge in [-0.3, -0.25) is 4.90 Å². The molecular formula is C26H29N3O3. The number of hydrogen-bond acceptors (Lipinski definition) is 5. The maximum Gasteiger partial charge on any atom is 0.227 e. The summed E-state index contributed by atoms with van der Waals surface area (Å²) < 4.78 is 13.8. The summed E-state index contributed by atoms with van der Waals surface area (Å²) in [6.07, 6.45) is 1.96. The lowest BCUT2D eigenvalue weighted by Gasteiger charge is -2.23. The lowest BCUT2D eigenvalue weighted by atomic mass is 10.1. The number of hydrogen-bond donors (Lipinski definition) is 1. The van der Waals surface area contributed by atoms with Crippen LogP contribution in [-0.2, 0) is 19.5 Å². The molecule has 4 aromatic rings. The first-order valence-corrected chi connectivity index (χ1v) is 11.0. The van der Waals surface area contributed by atoms with Crippen molar-refractivity contribution in [2.75, 3.05) is 6.54 Å². The molecule has 0 bridgehead atoms. The van der Waals surface area contributed by atoms with Gasteiger partial charge < -0.3 is 14.3 Å². The molecule has 6 heteroatoms. The Morgan fingerprint density at radius 3 is 2.34 bits per heavy atom. The summed E-state index contributed by atoms with van der Waals surface area (Å²) in [7, 11) is 0. The number of aryl methyl sites for hydroxylation is 1. The summed E-state index contributed by atoms with van der Waals surface area (Å²) in [5.74, 6) is 2.29. The minimum absolute atomic E-state index is 0.474. The molecule has 32 heavy (non-hydrogen) atoms. The van der Waals surface area contributed by atoms with E-state index < -0.39 is 6.10 Å². The largest absolute Gasteiger partial charge is 0.468 e. The van der Waals surface area contributed by atoms with E-state index >= 15 is 0 Å². The van der Waals surface area contributed by atoms with Gasteiger partial charge in [-0.2, -0.15) is 5.10 Å². The third kappa shape index (κ3) is 5.28. The van der Waals surface area contributed by atoms with E-state index in [1.54, 1.807) is 13.2 Å². The van der Waals surface area contributed by atoms with Gasteiger partial charge in [-0.05, 0) is 49.7 Å². The van der Waals surface area contributed by atoms with Gasteiger partial charge in [0.25, 0.3) is 0 Å². The number of aromatic nitrogens is 2. The fourth-order valence-electron chi connectivity index (χ4n) is 3.78. The Kier molecular flexibility index (Phi) is 7.04. The van der Waals surface area contributed by atoms with Crippen LogP contribution in [0.3, 0.4) is 0 Å². The van der Waals surface area contributed by atoms with E-state index in [1.165, 1.54) is 0 Å². The third-order valence-electron chi connectivity index (χ3n) is 5.18. The van der Waals surface area contributed by atoms with Crippen LogP contribution in [0.25, 0.3) is 5.69 Å². The molecule has 0 fully saturated rings. The Hall–Kier alpha value is -3.35. The van der Waals surface area contributed by atoms with Crippen LogP contribution in [-0.4, -0.2) is 32.4 Å². The van der Waals surface area contributed by atoms with Crippen LogP contribution in [0.4, 0.5) is 0 Å². The number of para-hydroxylation sites is 2. The number of benzene rings is 2. The van der Waals surface area contributed by atoms with Crippen LogP contribution < -0.4 is 4.74 Å². The Labute approximate surface area is 188 Å². The summed E-state index contributed by atoms with van der Waals surface area (Å²) in [5.41, 5.74) is 2.91. The van der Waals surface area contributed by atoms with Gasteiger partial charge in [-0.15, -0.1) is 0 Å². The molecule has 0 aliphatic carbocycles. The average Bonchev–Trinajstić information content (AvgIpc) is 3.43. The maximum absolute atomic E-state index is 10.1. The summed E-state index contributed by atoms with van der Waals surface area (Å²) >= 11 is 0. The second-order valence-corrected chi connectivity index (χ2v) is 7.84. The lowest BCUT2D eigenvalue weighted by molar-refractivity contribution is 0.112. The van der Waals surface area contributed by atoms with Crippen LogP contribution in [0.15, 0.2) is 83.5 Å². The molecule has 166 valence electrons. The molecule has 6 nitrogen and oxygen atoms in total. The molecule has 0 saturated heterocycles. The fraction of sp³-hybridized carbons (Fsp3) is 0.269. The van der Waals surface area contributed by atoms with Gasteiger partial charge in [0.05, 0.1) is 35.9 Å². The first-order chi connectivity index (χ1) is 15.6. The van der Waals surface area contributed by atoms with E-state index in [0.717, 1.165) is 34.9 Å². The Morgan fingerprint density at radius 1 is 1.00 bits per heavy atom. The van der Waals surface area contributed by atoms with E-state index in [4.69, 9.17) is 14.3 Å². The SMILES string of the molecule is CCc1nn(-c2ccccc2)c(Oc2ccccc2)c1CN(Cc1ccco1)CC(C)O. The smallest absolute Gasteiger partial charge is 0.227 e. The summed E-state index contributed by atoms with van der Waals surface area (Å²) in [6.45, 7) is 5.56. The van der Waals surface area contributed by atoms with Crippen molar-refractivity contribution in [2.24, 2.45) is 0 Å². The monoisotopic (exact) mass is 431 g/mol. The number of furan rings is 1. The van der Waals surface area contributed by atoms with Crippen molar-refractivity contribution in [1.82, 2.24) is 14.7 Å². The van der Waals surface area contributed by atoms with Crippen molar-refractivity contribution in [3.05, 3.63) is 96.1 Å². The van der Waals surface area contributed by atoms with Gasteiger partial charge in [0.15, 0.2) is 0 Å². The highest BCUT2D eigenvalue weighted by Gasteiger charge is 2.23. The quantitative estimate of drug-likeness (QED) is 0.374. The third-order valence-corrected chi connectivity index (χ3v) is 5.18. The van der Waals surface area contributed by atoms with E-state index in [1.807, 2.05) is 77.5 Å². The van der Waals surface area contributed by atoms with E-state index in [2.05, 4.69) is 11.8 Å². The molecule has 0 aliphatic rings. The van der Waals surface area contributed by atoms with Gasteiger partial charge in [-0.1, -0.05) is 43.3 Å². The zero-order chi connectivity index (χ0) is 22.3. The first kappa shape index (κ1) is 21.9. The van der Waals surface area contributed by atoms with Gasteiger partial charge >= 0.3 is 0 Å². The zero-order valence-electron chi connectivity index (χ0n) is 18.5. The highest BCUT2D eigenvalue weighted by Crippen LogP contribution is 2.32. The van der Waals surface area contributed by atoms with Crippen LogP contribution in [0.1, 0.15) is 30.9 Å². The average molecular weight is 432 g/mol. The molecule has 2 aromatic carbocycles. The molecule has 0 amide bonds. The maximum atomic E-state index is 10.1. The van der Waals surface area contributed by atoms with Crippen molar-refractivity contribution < 1.29 is 14.3 Å². The predicted molar refractivity (Wildman–Crippen MR) is 124 cm³/mol. The molecule has 4 rings (SSSR count). The topological polar surface area (TPSA) is 63.7 Å². The first-order valence-electron chi connectivity index (χ1n) is 11.0. The standard InChI is InChI=1S/C26H29N3O3/c1-3-25-24(19-28(17-20(2)30)18-23-15-10-16-31-23)26(32-22-13-8-5-9-14-22)29(27-25)21-11-6-4-7-12-21/h4-16,20,30H,3,17-19H2,1-2H3. The number of aliphatic hydroxyl groups excluding tert-OH is 1. The Balaban J connectivity index is 1.75. The van der Waals surface area contributed by atoms with E-state index in [-0.39, 0.29) is 0 Å². The predicted octanol–water partition coefficient (Wildman–Crippen LogP) is 5.20. The number of nitrogens with zero attached hydrogens (tertiary/aromatic N) is 3. The second kappa shape index (κ2) is 10.3. The fourth-order valence-corrected chi connectivity index (χ4v) is 3.78. The molecule has 1 N–H and O–H groups in total. The summed E-state index contributed by atoms with van der Waals surface area (Å²) in [6, 6.07) is 23.6. The van der Waals surface area contributed by atoms with Gasteiger partial charge in [0.1, 0.15) is 11.5 Å². The highest BCUT2D eigenvalue weighted by molar-refractivity contribution is 5.43. The normalized spacial score (nSPS) is 12.2. The minimum atomic E-state index is -0.474. The van der Waals surface area contributed by atoms with Crippen molar-refractivity contribution in [1.29, 1.82) is 0 Å².